The topological polar surface area (TPSA) is 50.7 Å². The number of phenolic OH excluding ortho intramolecular Hbond substituents is 1. The minimum absolute atomic E-state index is 0.267. The van der Waals surface area contributed by atoms with Gasteiger partial charge in [0.05, 0.1) is 13.7 Å². The molecule has 2 N–H and O–H groups in total. The minimum Gasteiger partial charge on any atom is -0.508 e. The number of anilines is 1. The van der Waals surface area contributed by atoms with Gasteiger partial charge in [-0.25, -0.2) is 0 Å². The van der Waals surface area contributed by atoms with Crippen molar-refractivity contribution in [2.24, 2.45) is 0 Å². The van der Waals surface area contributed by atoms with Crippen LogP contribution in [0, 0.1) is 0 Å². The van der Waals surface area contributed by atoms with Crippen LogP contribution in [-0.4, -0.2) is 18.8 Å². The zero-order valence-corrected chi connectivity index (χ0v) is 13.6. The Balaban J connectivity index is 2.11. The number of ether oxygens (including phenoxy) is 2. The van der Waals surface area contributed by atoms with E-state index in [9.17, 15) is 5.11 Å². The van der Waals surface area contributed by atoms with Gasteiger partial charge in [-0.05, 0) is 37.3 Å². The number of aromatic hydroxyl groups is 1. The van der Waals surface area contributed by atoms with Crippen LogP contribution in [0.1, 0.15) is 12.5 Å². The van der Waals surface area contributed by atoms with Crippen molar-refractivity contribution in [2.45, 2.75) is 13.5 Å². The SMILES string of the molecule is CCOc1ccc(NCc2cc(Br)ccc2O)cc1OC. The number of rotatable bonds is 6. The van der Waals surface area contributed by atoms with E-state index in [0.717, 1.165) is 21.5 Å². The van der Waals surface area contributed by atoms with Crippen LogP contribution >= 0.6 is 15.9 Å². The van der Waals surface area contributed by atoms with E-state index >= 15 is 0 Å². The van der Waals surface area contributed by atoms with Gasteiger partial charge in [-0.1, -0.05) is 15.9 Å². The normalized spacial score (nSPS) is 10.2. The van der Waals surface area contributed by atoms with Crippen molar-refractivity contribution < 1.29 is 14.6 Å². The largest absolute Gasteiger partial charge is 0.508 e. The second-order valence-corrected chi connectivity index (χ2v) is 5.34. The maximum atomic E-state index is 9.82. The molecule has 2 aromatic rings. The first-order valence-corrected chi connectivity index (χ1v) is 7.45. The molecule has 0 saturated heterocycles. The highest BCUT2D eigenvalue weighted by atomic mass is 79.9. The maximum absolute atomic E-state index is 9.82. The number of methoxy groups -OCH3 is 1. The van der Waals surface area contributed by atoms with Gasteiger partial charge in [0.25, 0.3) is 0 Å². The summed E-state index contributed by atoms with van der Waals surface area (Å²) >= 11 is 3.40. The molecule has 0 aliphatic carbocycles. The Kier molecular flexibility index (Phi) is 5.33. The highest BCUT2D eigenvalue weighted by molar-refractivity contribution is 9.10. The quantitative estimate of drug-likeness (QED) is 0.819. The lowest BCUT2D eigenvalue weighted by atomic mass is 10.2. The molecule has 0 heterocycles. The Morgan fingerprint density at radius 3 is 2.67 bits per heavy atom. The van der Waals surface area contributed by atoms with Gasteiger partial charge in [0, 0.05) is 28.3 Å². The van der Waals surface area contributed by atoms with E-state index in [1.54, 1.807) is 19.2 Å². The fraction of sp³-hybridized carbons (Fsp3) is 0.250. The van der Waals surface area contributed by atoms with Crippen molar-refractivity contribution in [3.8, 4) is 17.2 Å². The molecule has 0 spiro atoms. The second kappa shape index (κ2) is 7.22. The van der Waals surface area contributed by atoms with Crippen LogP contribution in [0.15, 0.2) is 40.9 Å². The van der Waals surface area contributed by atoms with Gasteiger partial charge >= 0.3 is 0 Å². The van der Waals surface area contributed by atoms with Gasteiger partial charge in [0.1, 0.15) is 5.75 Å². The first kappa shape index (κ1) is 15.5. The first-order valence-electron chi connectivity index (χ1n) is 6.66. The minimum atomic E-state index is 0.267. The predicted molar refractivity (Wildman–Crippen MR) is 87.3 cm³/mol. The fourth-order valence-corrected chi connectivity index (χ4v) is 2.35. The summed E-state index contributed by atoms with van der Waals surface area (Å²) in [5.41, 5.74) is 1.71. The lowest BCUT2D eigenvalue weighted by Crippen LogP contribution is -2.01. The second-order valence-electron chi connectivity index (χ2n) is 4.43. The molecule has 4 nitrogen and oxygen atoms in total. The lowest BCUT2D eigenvalue weighted by Gasteiger charge is -2.13. The van der Waals surface area contributed by atoms with E-state index in [1.807, 2.05) is 31.2 Å². The van der Waals surface area contributed by atoms with Crippen LogP contribution in [0.5, 0.6) is 17.2 Å². The van der Waals surface area contributed by atoms with Crippen LogP contribution in [0.25, 0.3) is 0 Å². The average molecular weight is 352 g/mol. The summed E-state index contributed by atoms with van der Waals surface area (Å²) in [5.74, 6) is 1.67. The molecule has 5 heteroatoms. The van der Waals surface area contributed by atoms with Crippen LogP contribution in [0.3, 0.4) is 0 Å². The number of hydrogen-bond donors (Lipinski definition) is 2. The van der Waals surface area contributed by atoms with Crippen molar-refractivity contribution in [3.05, 3.63) is 46.4 Å². The van der Waals surface area contributed by atoms with E-state index in [4.69, 9.17) is 9.47 Å². The van der Waals surface area contributed by atoms with Crippen LogP contribution in [0.2, 0.25) is 0 Å². The molecule has 0 saturated carbocycles. The van der Waals surface area contributed by atoms with Crippen LogP contribution < -0.4 is 14.8 Å². The first-order chi connectivity index (χ1) is 10.1. The molecule has 0 aliphatic rings. The number of hydrogen-bond acceptors (Lipinski definition) is 4. The number of phenols is 1. The number of benzene rings is 2. The summed E-state index contributed by atoms with van der Waals surface area (Å²) < 4.78 is 11.7. The molecular formula is C16H18BrNO3. The Labute approximate surface area is 132 Å². The molecule has 21 heavy (non-hydrogen) atoms. The molecule has 2 aromatic carbocycles. The van der Waals surface area contributed by atoms with Gasteiger partial charge in [0.15, 0.2) is 11.5 Å². The Morgan fingerprint density at radius 2 is 1.95 bits per heavy atom. The molecule has 0 radical (unpaired) electrons. The predicted octanol–water partition coefficient (Wildman–Crippen LogP) is 4.17. The monoisotopic (exact) mass is 351 g/mol. The van der Waals surface area contributed by atoms with Crippen LogP contribution in [0.4, 0.5) is 5.69 Å². The van der Waals surface area contributed by atoms with Crippen molar-refractivity contribution in [1.82, 2.24) is 0 Å². The summed E-state index contributed by atoms with van der Waals surface area (Å²) in [5, 5.41) is 13.1. The molecule has 2 rings (SSSR count). The Hall–Kier alpha value is -1.88. The molecular weight excluding hydrogens is 334 g/mol. The van der Waals surface area contributed by atoms with E-state index in [1.165, 1.54) is 0 Å². The Morgan fingerprint density at radius 1 is 1.14 bits per heavy atom. The van der Waals surface area contributed by atoms with E-state index < -0.39 is 0 Å². The van der Waals surface area contributed by atoms with E-state index in [-0.39, 0.29) is 5.75 Å². The number of halogens is 1. The third-order valence-corrected chi connectivity index (χ3v) is 3.48. The summed E-state index contributed by atoms with van der Waals surface area (Å²) in [4.78, 5) is 0. The van der Waals surface area contributed by atoms with Crippen molar-refractivity contribution in [2.75, 3.05) is 19.0 Å². The summed E-state index contributed by atoms with van der Waals surface area (Å²) in [6.45, 7) is 3.04. The third kappa shape index (κ3) is 4.04. The van der Waals surface area contributed by atoms with Gasteiger partial charge in [-0.15, -0.1) is 0 Å². The Bertz CT molecular complexity index is 616. The lowest BCUT2D eigenvalue weighted by molar-refractivity contribution is 0.311. The smallest absolute Gasteiger partial charge is 0.162 e. The van der Waals surface area contributed by atoms with Gasteiger partial charge in [0.2, 0.25) is 0 Å². The summed E-state index contributed by atoms with van der Waals surface area (Å²) in [7, 11) is 1.61. The molecule has 0 fully saturated rings. The van der Waals surface area contributed by atoms with E-state index in [2.05, 4.69) is 21.2 Å². The summed E-state index contributed by atoms with van der Waals surface area (Å²) in [6.07, 6.45) is 0. The fourth-order valence-electron chi connectivity index (χ4n) is 1.95. The number of nitrogens with one attached hydrogen (secondary N) is 1. The van der Waals surface area contributed by atoms with Gasteiger partial charge in [-0.2, -0.15) is 0 Å². The van der Waals surface area contributed by atoms with Gasteiger partial charge < -0.3 is 19.9 Å². The molecule has 0 amide bonds. The van der Waals surface area contributed by atoms with Crippen molar-refractivity contribution in [3.63, 3.8) is 0 Å². The zero-order chi connectivity index (χ0) is 15.2. The molecule has 0 atom stereocenters. The maximum Gasteiger partial charge on any atom is 0.162 e. The molecule has 0 aromatic heterocycles. The van der Waals surface area contributed by atoms with Crippen LogP contribution in [-0.2, 0) is 6.54 Å². The highest BCUT2D eigenvalue weighted by Gasteiger charge is 2.06. The zero-order valence-electron chi connectivity index (χ0n) is 12.0. The van der Waals surface area contributed by atoms with E-state index in [0.29, 0.717) is 18.9 Å². The molecule has 112 valence electrons. The highest BCUT2D eigenvalue weighted by Crippen LogP contribution is 2.31. The molecule has 0 bridgehead atoms. The standard InChI is InChI=1S/C16H18BrNO3/c1-3-21-15-7-5-13(9-16(15)20-2)18-10-11-8-12(17)4-6-14(11)19/h4-9,18-19H,3,10H2,1-2H3. The molecule has 0 aliphatic heterocycles. The average Bonchev–Trinajstić information content (AvgIpc) is 2.49. The third-order valence-electron chi connectivity index (χ3n) is 2.99. The summed E-state index contributed by atoms with van der Waals surface area (Å²) in [6, 6.07) is 11.0. The van der Waals surface area contributed by atoms with Crippen molar-refractivity contribution in [1.29, 1.82) is 0 Å². The van der Waals surface area contributed by atoms with Crippen molar-refractivity contribution >= 4 is 21.6 Å². The van der Waals surface area contributed by atoms with Gasteiger partial charge in [-0.3, -0.25) is 0 Å². The molecule has 0 unspecified atom stereocenters.